The molecular weight excluding hydrogens is 292 g/mol. The van der Waals surface area contributed by atoms with Crippen molar-refractivity contribution >= 4 is 35.1 Å². The van der Waals surface area contributed by atoms with Crippen LogP contribution in [0.1, 0.15) is 32.6 Å². The Morgan fingerprint density at radius 3 is 2.67 bits per heavy atom. The van der Waals surface area contributed by atoms with Crippen LogP contribution in [0.5, 0.6) is 0 Å². The molecule has 0 bridgehead atoms. The fraction of sp³-hybridized carbons (Fsp3) is 0.692. The summed E-state index contributed by atoms with van der Waals surface area (Å²) in [5.74, 6) is -0.397. The van der Waals surface area contributed by atoms with Crippen molar-refractivity contribution in [3.8, 4) is 0 Å². The molecule has 0 spiro atoms. The molecule has 1 saturated heterocycles. The van der Waals surface area contributed by atoms with Gasteiger partial charge in [-0.1, -0.05) is 25.6 Å². The van der Waals surface area contributed by atoms with Gasteiger partial charge < -0.3 is 16.0 Å². The summed E-state index contributed by atoms with van der Waals surface area (Å²) in [6.07, 6.45) is 1.99. The molecule has 7 nitrogen and oxygen atoms in total. The lowest BCUT2D eigenvalue weighted by atomic mass is 10.1. The highest BCUT2D eigenvalue weighted by molar-refractivity contribution is 7.80. The first-order valence-corrected chi connectivity index (χ1v) is 7.41. The molecule has 21 heavy (non-hydrogen) atoms. The Bertz CT molecular complexity index is 441. The first-order chi connectivity index (χ1) is 9.86. The minimum Gasteiger partial charge on any atom is -0.393 e. The van der Waals surface area contributed by atoms with Gasteiger partial charge in [0.2, 0.25) is 5.91 Å². The van der Waals surface area contributed by atoms with Crippen LogP contribution in [-0.4, -0.2) is 58.8 Å². The predicted molar refractivity (Wildman–Crippen MR) is 82.6 cm³/mol. The van der Waals surface area contributed by atoms with E-state index >= 15 is 0 Å². The van der Waals surface area contributed by atoms with Gasteiger partial charge in [-0.2, -0.15) is 0 Å². The molecule has 0 saturated carbocycles. The zero-order chi connectivity index (χ0) is 16.0. The van der Waals surface area contributed by atoms with Gasteiger partial charge in [0.25, 0.3) is 5.91 Å². The maximum atomic E-state index is 12.0. The largest absolute Gasteiger partial charge is 0.393 e. The van der Waals surface area contributed by atoms with E-state index in [1.54, 1.807) is 7.05 Å². The van der Waals surface area contributed by atoms with E-state index in [0.29, 0.717) is 24.4 Å². The molecule has 1 aliphatic heterocycles. The highest BCUT2D eigenvalue weighted by atomic mass is 32.1. The van der Waals surface area contributed by atoms with E-state index in [4.69, 9.17) is 18.0 Å². The summed E-state index contributed by atoms with van der Waals surface area (Å²) < 4.78 is 0. The first-order valence-electron chi connectivity index (χ1n) is 7.01. The number of nitrogens with zero attached hydrogens (tertiary/aromatic N) is 2. The normalized spacial score (nSPS) is 17.8. The second-order valence-corrected chi connectivity index (χ2v) is 5.59. The topological polar surface area (TPSA) is 95.7 Å². The molecule has 8 heteroatoms. The van der Waals surface area contributed by atoms with Crippen molar-refractivity contribution in [3.63, 3.8) is 0 Å². The number of hydrogen-bond donors (Lipinski definition) is 2. The van der Waals surface area contributed by atoms with Gasteiger partial charge in [0.1, 0.15) is 6.04 Å². The van der Waals surface area contributed by atoms with Crippen molar-refractivity contribution in [2.24, 2.45) is 5.73 Å². The third-order valence-corrected chi connectivity index (χ3v) is 3.56. The first kappa shape index (κ1) is 17.4. The minimum absolute atomic E-state index is 0.0983. The van der Waals surface area contributed by atoms with E-state index in [-0.39, 0.29) is 24.8 Å². The van der Waals surface area contributed by atoms with E-state index in [1.807, 2.05) is 6.92 Å². The Labute approximate surface area is 129 Å². The minimum atomic E-state index is -0.454. The molecule has 1 heterocycles. The maximum absolute atomic E-state index is 12.0. The summed E-state index contributed by atoms with van der Waals surface area (Å²) in [4.78, 5) is 38.6. The Kier molecular flexibility index (Phi) is 6.54. The molecular formula is C13H22N4O3S. The molecule has 3 N–H and O–H groups in total. The van der Waals surface area contributed by atoms with Crippen molar-refractivity contribution in [2.45, 2.75) is 38.6 Å². The lowest BCUT2D eigenvalue weighted by molar-refractivity contribution is -0.131. The number of nitrogens with two attached hydrogens (primary N) is 1. The SMILES string of the molecule is CCCC1NC(=O)N(CCC(=O)N(C)CCC(N)=S)C1=O. The van der Waals surface area contributed by atoms with Crippen LogP contribution in [-0.2, 0) is 9.59 Å². The van der Waals surface area contributed by atoms with Gasteiger partial charge in [-0.25, -0.2) is 4.79 Å². The van der Waals surface area contributed by atoms with Crippen molar-refractivity contribution in [1.82, 2.24) is 15.1 Å². The van der Waals surface area contributed by atoms with Crippen molar-refractivity contribution in [2.75, 3.05) is 20.1 Å². The monoisotopic (exact) mass is 314 g/mol. The molecule has 0 aromatic heterocycles. The fourth-order valence-corrected chi connectivity index (χ4v) is 2.17. The molecule has 1 unspecified atom stereocenters. The lowest BCUT2D eigenvalue weighted by Crippen LogP contribution is -2.37. The molecule has 4 amide bonds. The zero-order valence-electron chi connectivity index (χ0n) is 12.4. The molecule has 118 valence electrons. The van der Waals surface area contributed by atoms with Gasteiger partial charge in [-0.15, -0.1) is 0 Å². The second kappa shape index (κ2) is 7.92. The summed E-state index contributed by atoms with van der Waals surface area (Å²) in [6.45, 7) is 2.48. The van der Waals surface area contributed by atoms with Crippen LogP contribution in [0, 0.1) is 0 Å². The number of carbonyl (C=O) groups excluding carboxylic acids is 3. The van der Waals surface area contributed by atoms with Gasteiger partial charge in [0.05, 0.1) is 4.99 Å². The molecule has 1 fully saturated rings. The van der Waals surface area contributed by atoms with Crippen LogP contribution < -0.4 is 11.1 Å². The quantitative estimate of drug-likeness (QED) is 0.494. The molecule has 0 aliphatic carbocycles. The number of thiocarbonyl (C=S) groups is 1. The van der Waals surface area contributed by atoms with Crippen LogP contribution in [0.2, 0.25) is 0 Å². The fourth-order valence-electron chi connectivity index (χ4n) is 2.07. The highest BCUT2D eigenvalue weighted by Gasteiger charge is 2.37. The zero-order valence-corrected chi connectivity index (χ0v) is 13.2. The molecule has 0 aromatic carbocycles. The average Bonchev–Trinajstić information content (AvgIpc) is 2.69. The third kappa shape index (κ3) is 4.96. The molecule has 1 aliphatic rings. The van der Waals surface area contributed by atoms with Gasteiger partial charge in [-0.3, -0.25) is 14.5 Å². The number of nitrogens with one attached hydrogen (secondary N) is 1. The molecule has 0 aromatic rings. The number of hydrogen-bond acceptors (Lipinski definition) is 4. The lowest BCUT2D eigenvalue weighted by Gasteiger charge is -2.18. The number of carbonyl (C=O) groups is 3. The van der Waals surface area contributed by atoms with Crippen molar-refractivity contribution in [3.05, 3.63) is 0 Å². The van der Waals surface area contributed by atoms with Gasteiger partial charge >= 0.3 is 6.03 Å². The van der Waals surface area contributed by atoms with Crippen molar-refractivity contribution in [1.29, 1.82) is 0 Å². The number of amides is 4. The van der Waals surface area contributed by atoms with Crippen LogP contribution in [0.15, 0.2) is 0 Å². The molecule has 0 radical (unpaired) electrons. The Morgan fingerprint density at radius 2 is 2.10 bits per heavy atom. The number of imide groups is 1. The summed E-state index contributed by atoms with van der Waals surface area (Å²) in [6, 6.07) is -0.873. The molecule has 1 rings (SSSR count). The number of rotatable bonds is 8. The molecule has 1 atom stereocenters. The standard InChI is InChI=1S/C13H22N4O3S/c1-3-4-9-12(19)17(13(20)15-9)8-6-11(18)16(2)7-5-10(14)21/h9H,3-8H2,1-2H3,(H2,14,21)(H,15,20). The van der Waals surface area contributed by atoms with E-state index in [0.717, 1.165) is 11.3 Å². The third-order valence-electron chi connectivity index (χ3n) is 3.35. The highest BCUT2D eigenvalue weighted by Crippen LogP contribution is 2.11. The summed E-state index contributed by atoms with van der Waals surface area (Å²) in [5, 5.41) is 2.63. The Balaban J connectivity index is 2.43. The summed E-state index contributed by atoms with van der Waals surface area (Å²) in [7, 11) is 1.65. The summed E-state index contributed by atoms with van der Waals surface area (Å²) >= 11 is 4.76. The van der Waals surface area contributed by atoms with Crippen molar-refractivity contribution < 1.29 is 14.4 Å². The van der Waals surface area contributed by atoms with E-state index in [2.05, 4.69) is 5.32 Å². The summed E-state index contributed by atoms with van der Waals surface area (Å²) in [5.41, 5.74) is 5.38. The van der Waals surface area contributed by atoms with E-state index in [9.17, 15) is 14.4 Å². The van der Waals surface area contributed by atoms with E-state index < -0.39 is 12.1 Å². The second-order valence-electron chi connectivity index (χ2n) is 5.06. The van der Waals surface area contributed by atoms with Gasteiger partial charge in [0.15, 0.2) is 0 Å². The van der Waals surface area contributed by atoms with Gasteiger partial charge in [0, 0.05) is 33.0 Å². The van der Waals surface area contributed by atoms with Crippen LogP contribution in [0.3, 0.4) is 0 Å². The van der Waals surface area contributed by atoms with Crippen LogP contribution in [0.4, 0.5) is 4.79 Å². The van der Waals surface area contributed by atoms with E-state index in [1.165, 1.54) is 4.90 Å². The average molecular weight is 314 g/mol. The predicted octanol–water partition coefficient (Wildman–Crippen LogP) is 0.232. The smallest absolute Gasteiger partial charge is 0.324 e. The Morgan fingerprint density at radius 1 is 1.43 bits per heavy atom. The number of urea groups is 1. The Hall–Kier alpha value is -1.70. The van der Waals surface area contributed by atoms with Gasteiger partial charge in [-0.05, 0) is 6.42 Å². The maximum Gasteiger partial charge on any atom is 0.324 e. The van der Waals surface area contributed by atoms with Crippen LogP contribution >= 0.6 is 12.2 Å². The van der Waals surface area contributed by atoms with Crippen LogP contribution in [0.25, 0.3) is 0 Å².